The maximum absolute atomic E-state index is 12.4. The van der Waals surface area contributed by atoms with Crippen LogP contribution in [0, 0.1) is 11.3 Å². The highest BCUT2D eigenvalue weighted by Gasteiger charge is 2.39. The first-order valence-electron chi connectivity index (χ1n) is 3.73. The highest BCUT2D eigenvalue weighted by molar-refractivity contribution is 6.31. The molecule has 0 saturated heterocycles. The fraction of sp³-hybridized carbons (Fsp3) is 0.250. The zero-order valence-corrected chi connectivity index (χ0v) is 8.07. The van der Waals surface area contributed by atoms with E-state index in [1.54, 1.807) is 0 Å². The molecule has 0 aliphatic rings. The summed E-state index contributed by atoms with van der Waals surface area (Å²) < 4.78 is 61.8. The van der Waals surface area contributed by atoms with Gasteiger partial charge in [0.1, 0.15) is 6.07 Å². The lowest BCUT2D eigenvalue weighted by Crippen LogP contribution is -2.14. The van der Waals surface area contributed by atoms with Gasteiger partial charge in [0.25, 0.3) is 6.43 Å². The number of halogens is 6. The van der Waals surface area contributed by atoms with E-state index in [1.165, 1.54) is 6.07 Å². The van der Waals surface area contributed by atoms with Crippen LogP contribution in [0.5, 0.6) is 0 Å². The van der Waals surface area contributed by atoms with E-state index in [-0.39, 0.29) is 0 Å². The molecule has 0 aliphatic carbocycles. The standard InChI is InChI=1S/C8H2ClF5N2/c9-4-2-16-6(8(12,13)14)5(7(10)11)3(4)1-15/h2,7H. The Hall–Kier alpha value is -1.42. The van der Waals surface area contributed by atoms with Crippen molar-refractivity contribution in [1.29, 1.82) is 5.26 Å². The quantitative estimate of drug-likeness (QED) is 0.720. The van der Waals surface area contributed by atoms with Crippen LogP contribution in [-0.4, -0.2) is 4.98 Å². The van der Waals surface area contributed by atoms with Gasteiger partial charge < -0.3 is 0 Å². The van der Waals surface area contributed by atoms with Gasteiger partial charge in [-0.05, 0) is 0 Å². The monoisotopic (exact) mass is 256 g/mol. The third-order valence-corrected chi connectivity index (χ3v) is 1.96. The molecule has 86 valence electrons. The second-order valence-electron chi connectivity index (χ2n) is 2.65. The minimum atomic E-state index is -5.05. The molecule has 0 radical (unpaired) electrons. The molecule has 0 atom stereocenters. The molecular weight excluding hydrogens is 255 g/mol. The lowest BCUT2D eigenvalue weighted by molar-refractivity contribution is -0.143. The number of alkyl halides is 5. The van der Waals surface area contributed by atoms with Crippen molar-refractivity contribution in [3.8, 4) is 6.07 Å². The van der Waals surface area contributed by atoms with E-state index >= 15 is 0 Å². The van der Waals surface area contributed by atoms with Crippen molar-refractivity contribution in [3.05, 3.63) is 28.0 Å². The van der Waals surface area contributed by atoms with Gasteiger partial charge in [0.05, 0.1) is 16.1 Å². The van der Waals surface area contributed by atoms with Crippen LogP contribution in [0.2, 0.25) is 5.02 Å². The highest BCUT2D eigenvalue weighted by Crippen LogP contribution is 2.38. The van der Waals surface area contributed by atoms with Crippen LogP contribution >= 0.6 is 11.6 Å². The summed E-state index contributed by atoms with van der Waals surface area (Å²) in [4.78, 5) is 2.79. The van der Waals surface area contributed by atoms with Crippen molar-refractivity contribution >= 4 is 11.6 Å². The number of rotatable bonds is 1. The van der Waals surface area contributed by atoms with Crippen LogP contribution in [0.4, 0.5) is 22.0 Å². The van der Waals surface area contributed by atoms with Crippen LogP contribution in [0.1, 0.15) is 23.2 Å². The van der Waals surface area contributed by atoms with Gasteiger partial charge in [-0.1, -0.05) is 11.6 Å². The Balaban J connectivity index is 3.60. The van der Waals surface area contributed by atoms with Gasteiger partial charge in [-0.2, -0.15) is 18.4 Å². The Morgan fingerprint density at radius 1 is 1.38 bits per heavy atom. The molecule has 0 unspecified atom stereocenters. The summed E-state index contributed by atoms with van der Waals surface area (Å²) in [7, 11) is 0. The molecule has 0 aliphatic heterocycles. The molecule has 0 fully saturated rings. The fourth-order valence-electron chi connectivity index (χ4n) is 1.05. The van der Waals surface area contributed by atoms with E-state index in [4.69, 9.17) is 16.9 Å². The maximum atomic E-state index is 12.4. The molecule has 1 rings (SSSR count). The van der Waals surface area contributed by atoms with Gasteiger partial charge in [0, 0.05) is 6.20 Å². The first-order chi connectivity index (χ1) is 7.29. The summed E-state index contributed by atoms with van der Waals surface area (Å²) in [6.45, 7) is 0. The summed E-state index contributed by atoms with van der Waals surface area (Å²) >= 11 is 5.31. The van der Waals surface area contributed by atoms with Crippen molar-refractivity contribution in [2.24, 2.45) is 0 Å². The minimum Gasteiger partial charge on any atom is -0.250 e. The average Bonchev–Trinajstić information content (AvgIpc) is 2.14. The van der Waals surface area contributed by atoms with Crippen molar-refractivity contribution in [2.45, 2.75) is 12.6 Å². The average molecular weight is 257 g/mol. The predicted molar refractivity (Wildman–Crippen MR) is 43.9 cm³/mol. The lowest BCUT2D eigenvalue weighted by atomic mass is 10.1. The van der Waals surface area contributed by atoms with Gasteiger partial charge >= 0.3 is 6.18 Å². The topological polar surface area (TPSA) is 36.7 Å². The number of aromatic nitrogens is 1. The predicted octanol–water partition coefficient (Wildman–Crippen LogP) is 3.56. The van der Waals surface area contributed by atoms with E-state index < -0.39 is 34.4 Å². The van der Waals surface area contributed by atoms with Gasteiger partial charge in [-0.15, -0.1) is 0 Å². The number of nitrogens with zero attached hydrogens (tertiary/aromatic N) is 2. The summed E-state index contributed by atoms with van der Waals surface area (Å²) in [5.74, 6) is 0. The smallest absolute Gasteiger partial charge is 0.250 e. The van der Waals surface area contributed by atoms with Gasteiger partial charge in [0.15, 0.2) is 5.69 Å². The van der Waals surface area contributed by atoms with Gasteiger partial charge in [-0.25, -0.2) is 13.8 Å². The van der Waals surface area contributed by atoms with Crippen molar-refractivity contribution in [1.82, 2.24) is 4.98 Å². The molecule has 1 aromatic heterocycles. The van der Waals surface area contributed by atoms with Crippen LogP contribution < -0.4 is 0 Å². The van der Waals surface area contributed by atoms with E-state index in [9.17, 15) is 22.0 Å². The number of hydrogen-bond donors (Lipinski definition) is 0. The Morgan fingerprint density at radius 3 is 2.31 bits per heavy atom. The number of pyridine rings is 1. The zero-order valence-electron chi connectivity index (χ0n) is 7.32. The normalized spacial score (nSPS) is 11.6. The van der Waals surface area contributed by atoms with E-state index in [0.717, 1.165) is 0 Å². The molecule has 1 aromatic rings. The lowest BCUT2D eigenvalue weighted by Gasteiger charge is -2.12. The molecule has 16 heavy (non-hydrogen) atoms. The number of hydrogen-bond acceptors (Lipinski definition) is 2. The maximum Gasteiger partial charge on any atom is 0.433 e. The largest absolute Gasteiger partial charge is 0.433 e. The van der Waals surface area contributed by atoms with E-state index in [1.807, 2.05) is 0 Å². The Kier molecular flexibility index (Phi) is 3.33. The van der Waals surface area contributed by atoms with Crippen molar-refractivity contribution in [3.63, 3.8) is 0 Å². The SMILES string of the molecule is N#Cc1c(Cl)cnc(C(F)(F)F)c1C(F)F. The molecule has 1 heterocycles. The molecule has 0 bridgehead atoms. The van der Waals surface area contributed by atoms with Gasteiger partial charge in [-0.3, -0.25) is 0 Å². The molecule has 0 N–H and O–H groups in total. The third-order valence-electron chi connectivity index (χ3n) is 1.67. The zero-order chi connectivity index (χ0) is 12.5. The Morgan fingerprint density at radius 2 is 1.94 bits per heavy atom. The first-order valence-corrected chi connectivity index (χ1v) is 4.10. The molecule has 0 amide bonds. The second kappa shape index (κ2) is 4.22. The van der Waals surface area contributed by atoms with E-state index in [2.05, 4.69) is 4.98 Å². The highest BCUT2D eigenvalue weighted by atomic mass is 35.5. The molecule has 0 aromatic carbocycles. The Labute approximate surface area is 91.3 Å². The first kappa shape index (κ1) is 12.6. The molecule has 2 nitrogen and oxygen atoms in total. The molecular formula is C8H2ClF5N2. The fourth-order valence-corrected chi connectivity index (χ4v) is 1.25. The molecule has 0 spiro atoms. The summed E-state index contributed by atoms with van der Waals surface area (Å²) in [5.41, 5.74) is -4.18. The summed E-state index contributed by atoms with van der Waals surface area (Å²) in [6.07, 6.45) is -8.01. The van der Waals surface area contributed by atoms with Crippen LogP contribution in [0.25, 0.3) is 0 Å². The molecule has 0 saturated carbocycles. The van der Waals surface area contributed by atoms with Crippen LogP contribution in [0.3, 0.4) is 0 Å². The number of nitriles is 1. The Bertz CT molecular complexity index is 449. The van der Waals surface area contributed by atoms with Crippen molar-refractivity contribution in [2.75, 3.05) is 0 Å². The van der Waals surface area contributed by atoms with E-state index in [0.29, 0.717) is 6.20 Å². The van der Waals surface area contributed by atoms with Crippen LogP contribution in [-0.2, 0) is 6.18 Å². The summed E-state index contributed by atoms with van der Waals surface area (Å²) in [5, 5.41) is 7.94. The minimum absolute atomic E-state index is 0.523. The van der Waals surface area contributed by atoms with Gasteiger partial charge in [0.2, 0.25) is 0 Å². The molecule has 8 heteroatoms. The summed E-state index contributed by atoms with van der Waals surface area (Å²) in [6, 6.07) is 1.21. The third kappa shape index (κ3) is 2.22. The second-order valence-corrected chi connectivity index (χ2v) is 3.06. The van der Waals surface area contributed by atoms with Crippen LogP contribution in [0.15, 0.2) is 6.20 Å². The van der Waals surface area contributed by atoms with Crippen molar-refractivity contribution < 1.29 is 22.0 Å².